The van der Waals surface area contributed by atoms with Crippen LogP contribution in [0.4, 0.5) is 0 Å². The van der Waals surface area contributed by atoms with Crippen LogP contribution in [-0.2, 0) is 24.7 Å². The Bertz CT molecular complexity index is 931. The van der Waals surface area contributed by atoms with Crippen molar-refractivity contribution >= 4 is 5.91 Å². The van der Waals surface area contributed by atoms with Gasteiger partial charge in [0.25, 0.3) is 5.56 Å². The van der Waals surface area contributed by atoms with E-state index in [0.717, 1.165) is 28.1 Å². The molecule has 1 aliphatic heterocycles. The third kappa shape index (κ3) is 3.79. The largest absolute Gasteiger partial charge is 0.497 e. The number of nitrogens with zero attached hydrogens (tertiary/aromatic N) is 1. The van der Waals surface area contributed by atoms with Gasteiger partial charge in [-0.25, -0.2) is 4.79 Å². The second-order valence-corrected chi connectivity index (χ2v) is 6.32. The first-order chi connectivity index (χ1) is 12.5. The van der Waals surface area contributed by atoms with Crippen LogP contribution in [0.2, 0.25) is 0 Å². The molecule has 8 heteroatoms. The predicted octanol–water partition coefficient (Wildman–Crippen LogP) is -0.00780. The van der Waals surface area contributed by atoms with Crippen molar-refractivity contribution in [2.45, 2.75) is 12.8 Å². The van der Waals surface area contributed by atoms with Gasteiger partial charge in [-0.1, -0.05) is 6.07 Å². The number of hydrogen-bond donors (Lipinski definition) is 2. The van der Waals surface area contributed by atoms with Gasteiger partial charge in [0.15, 0.2) is 0 Å². The fourth-order valence-corrected chi connectivity index (χ4v) is 2.91. The molecule has 0 fully saturated rings. The van der Waals surface area contributed by atoms with Crippen LogP contribution >= 0.6 is 0 Å². The number of nitrogens with one attached hydrogen (secondary N) is 2. The highest BCUT2D eigenvalue weighted by atomic mass is 16.5. The van der Waals surface area contributed by atoms with Crippen LogP contribution in [0.1, 0.15) is 11.1 Å². The van der Waals surface area contributed by atoms with Gasteiger partial charge in [0.2, 0.25) is 5.91 Å². The molecule has 26 heavy (non-hydrogen) atoms. The van der Waals surface area contributed by atoms with E-state index in [1.807, 2.05) is 18.2 Å². The van der Waals surface area contributed by atoms with Crippen molar-refractivity contribution in [3.63, 3.8) is 0 Å². The van der Waals surface area contributed by atoms with Gasteiger partial charge in [-0.05, 0) is 18.1 Å². The van der Waals surface area contributed by atoms with E-state index in [4.69, 9.17) is 9.47 Å². The summed E-state index contributed by atoms with van der Waals surface area (Å²) in [6.45, 7) is 0.953. The van der Waals surface area contributed by atoms with E-state index in [1.54, 1.807) is 7.11 Å². The van der Waals surface area contributed by atoms with Crippen molar-refractivity contribution in [1.82, 2.24) is 14.9 Å². The highest BCUT2D eigenvalue weighted by Gasteiger charge is 2.21. The minimum Gasteiger partial charge on any atom is -0.497 e. The van der Waals surface area contributed by atoms with Crippen LogP contribution in [0.25, 0.3) is 0 Å². The monoisotopic (exact) mass is 359 g/mol. The fraction of sp³-hybridized carbons (Fsp3) is 0.389. The molecule has 1 aromatic heterocycles. The number of aromatic nitrogens is 2. The third-order valence-electron chi connectivity index (χ3n) is 4.45. The normalized spacial score (nSPS) is 15.7. The van der Waals surface area contributed by atoms with Gasteiger partial charge in [-0.15, -0.1) is 0 Å². The quantitative estimate of drug-likeness (QED) is 0.782. The fourth-order valence-electron chi connectivity index (χ4n) is 2.91. The molecule has 0 saturated carbocycles. The summed E-state index contributed by atoms with van der Waals surface area (Å²) in [4.78, 5) is 37.9. The van der Waals surface area contributed by atoms with E-state index in [2.05, 4.69) is 10.3 Å². The zero-order valence-corrected chi connectivity index (χ0v) is 14.7. The Hall–Kier alpha value is -3.03. The number of methoxy groups -OCH3 is 1. The molecule has 0 unspecified atom stereocenters. The SMILES string of the molecule is COc1ccc2c(c1)OC[C@@H](CNC(=O)Cc1c[nH]c(=O)n(C)c1=O)C2. The lowest BCUT2D eigenvalue weighted by Gasteiger charge is -2.25. The summed E-state index contributed by atoms with van der Waals surface area (Å²) in [6, 6.07) is 5.71. The summed E-state index contributed by atoms with van der Waals surface area (Å²) >= 11 is 0. The topological polar surface area (TPSA) is 102 Å². The summed E-state index contributed by atoms with van der Waals surface area (Å²) in [5.41, 5.74) is 0.356. The molecule has 3 rings (SSSR count). The molecule has 1 aromatic carbocycles. The maximum absolute atomic E-state index is 12.1. The average Bonchev–Trinajstić information content (AvgIpc) is 2.66. The molecule has 8 nitrogen and oxygen atoms in total. The van der Waals surface area contributed by atoms with Crippen LogP contribution in [0.3, 0.4) is 0 Å². The van der Waals surface area contributed by atoms with Crippen LogP contribution in [0.15, 0.2) is 34.0 Å². The van der Waals surface area contributed by atoms with Gasteiger partial charge < -0.3 is 19.8 Å². The Morgan fingerprint density at radius 1 is 1.42 bits per heavy atom. The first-order valence-corrected chi connectivity index (χ1v) is 8.32. The minimum absolute atomic E-state index is 0.0786. The number of carbonyl (C=O) groups excluding carboxylic acids is 1. The number of carbonyl (C=O) groups is 1. The van der Waals surface area contributed by atoms with Crippen molar-refractivity contribution in [2.24, 2.45) is 13.0 Å². The maximum Gasteiger partial charge on any atom is 0.328 e. The number of benzene rings is 1. The minimum atomic E-state index is -0.506. The van der Waals surface area contributed by atoms with E-state index in [0.29, 0.717) is 13.2 Å². The van der Waals surface area contributed by atoms with Crippen LogP contribution in [-0.4, -0.2) is 35.7 Å². The van der Waals surface area contributed by atoms with Gasteiger partial charge in [-0.3, -0.25) is 14.2 Å². The standard InChI is InChI=1S/C18H21N3O5/c1-21-17(23)13(9-20-18(21)24)6-16(22)19-8-11-5-12-3-4-14(25-2)7-15(12)26-10-11/h3-4,7,9,11H,5-6,8,10H2,1-2H3,(H,19,22)(H,20,24)/t11-/m1/s1. The zero-order valence-electron chi connectivity index (χ0n) is 14.7. The highest BCUT2D eigenvalue weighted by molar-refractivity contribution is 5.78. The van der Waals surface area contributed by atoms with Crippen molar-refractivity contribution < 1.29 is 14.3 Å². The number of ether oxygens (including phenoxy) is 2. The average molecular weight is 359 g/mol. The van der Waals surface area contributed by atoms with Crippen LogP contribution in [0.5, 0.6) is 11.5 Å². The molecule has 0 saturated heterocycles. The molecule has 0 bridgehead atoms. The van der Waals surface area contributed by atoms with Crippen LogP contribution < -0.4 is 26.0 Å². The van der Waals surface area contributed by atoms with Gasteiger partial charge >= 0.3 is 5.69 Å². The number of rotatable bonds is 5. The van der Waals surface area contributed by atoms with Crippen molar-refractivity contribution in [2.75, 3.05) is 20.3 Å². The lowest BCUT2D eigenvalue weighted by molar-refractivity contribution is -0.120. The predicted molar refractivity (Wildman–Crippen MR) is 94.7 cm³/mol. The van der Waals surface area contributed by atoms with Gasteiger partial charge in [0.05, 0.1) is 20.1 Å². The van der Waals surface area contributed by atoms with E-state index >= 15 is 0 Å². The Kier molecular flexibility index (Phi) is 5.11. The second-order valence-electron chi connectivity index (χ2n) is 6.32. The lowest BCUT2D eigenvalue weighted by Crippen LogP contribution is -2.38. The number of amides is 1. The molecule has 1 aliphatic rings. The molecular formula is C18H21N3O5. The number of aromatic amines is 1. The smallest absolute Gasteiger partial charge is 0.328 e. The number of fused-ring (bicyclic) bond motifs is 1. The van der Waals surface area contributed by atoms with E-state index < -0.39 is 11.2 Å². The Morgan fingerprint density at radius 2 is 2.23 bits per heavy atom. The van der Waals surface area contributed by atoms with Gasteiger partial charge in [-0.2, -0.15) is 0 Å². The molecule has 1 amide bonds. The Labute approximate surface area is 149 Å². The summed E-state index contributed by atoms with van der Waals surface area (Å²) in [5.74, 6) is 1.44. The Balaban J connectivity index is 1.56. The van der Waals surface area contributed by atoms with E-state index in [1.165, 1.54) is 13.2 Å². The molecule has 0 aliphatic carbocycles. The van der Waals surface area contributed by atoms with E-state index in [-0.39, 0.29) is 23.8 Å². The number of hydrogen-bond acceptors (Lipinski definition) is 5. The summed E-state index contributed by atoms with van der Waals surface area (Å²) in [5, 5.41) is 2.83. The molecular weight excluding hydrogens is 338 g/mol. The van der Waals surface area contributed by atoms with Crippen LogP contribution in [0, 0.1) is 5.92 Å². The van der Waals surface area contributed by atoms with Gasteiger partial charge in [0, 0.05) is 37.3 Å². The maximum atomic E-state index is 12.1. The molecule has 2 heterocycles. The summed E-state index contributed by atoms with van der Waals surface area (Å²) < 4.78 is 11.9. The van der Waals surface area contributed by atoms with Crippen molar-refractivity contribution in [3.05, 3.63) is 56.4 Å². The van der Waals surface area contributed by atoms with Crippen molar-refractivity contribution in [1.29, 1.82) is 0 Å². The summed E-state index contributed by atoms with van der Waals surface area (Å²) in [7, 11) is 2.98. The molecule has 2 aromatic rings. The highest BCUT2D eigenvalue weighted by Crippen LogP contribution is 2.30. The summed E-state index contributed by atoms with van der Waals surface area (Å²) in [6.07, 6.45) is 2.00. The Morgan fingerprint density at radius 3 is 3.00 bits per heavy atom. The first-order valence-electron chi connectivity index (χ1n) is 8.32. The third-order valence-corrected chi connectivity index (χ3v) is 4.45. The molecule has 2 N–H and O–H groups in total. The second kappa shape index (κ2) is 7.47. The molecule has 138 valence electrons. The first kappa shape index (κ1) is 17.8. The molecule has 0 spiro atoms. The lowest BCUT2D eigenvalue weighted by atomic mass is 9.96. The van der Waals surface area contributed by atoms with Crippen molar-refractivity contribution in [3.8, 4) is 11.5 Å². The molecule has 1 atom stereocenters. The molecule has 0 radical (unpaired) electrons. The van der Waals surface area contributed by atoms with Gasteiger partial charge in [0.1, 0.15) is 11.5 Å². The number of H-pyrrole nitrogens is 1. The zero-order chi connectivity index (χ0) is 18.7. The van der Waals surface area contributed by atoms with E-state index in [9.17, 15) is 14.4 Å².